The standard InChI is InChI=1S/C18H20N2O/c1-2-6-13(7-3-1)12-20-18-15-9-5-11-19(15)14-8-4-10-16(21-20)17(14)18/h1-3,5-7,9,11,14,16-18H,4,8,10,12H2/t14-,16+,17-,18-/m1/s1. The molecule has 0 amide bonds. The number of fused-ring (bicyclic) bond motifs is 3. The molecule has 0 N–H and O–H groups in total. The number of nitrogens with zero attached hydrogens (tertiary/aromatic N) is 2. The van der Waals surface area contributed by atoms with Gasteiger partial charge in [0.2, 0.25) is 0 Å². The molecule has 0 bridgehead atoms. The minimum absolute atomic E-state index is 0.414. The van der Waals surface area contributed by atoms with Crippen LogP contribution in [0.5, 0.6) is 0 Å². The minimum atomic E-state index is 0.414. The molecule has 3 heteroatoms. The third-order valence-corrected chi connectivity index (χ3v) is 5.46. The summed E-state index contributed by atoms with van der Waals surface area (Å²) in [6.07, 6.45) is 6.49. The molecule has 2 fully saturated rings. The highest BCUT2D eigenvalue weighted by Gasteiger charge is 2.54. The highest BCUT2D eigenvalue weighted by Crippen LogP contribution is 2.56. The van der Waals surface area contributed by atoms with E-state index in [1.54, 1.807) is 0 Å². The third kappa shape index (κ3) is 1.68. The van der Waals surface area contributed by atoms with Crippen molar-refractivity contribution >= 4 is 0 Å². The second-order valence-electron chi connectivity index (χ2n) is 6.57. The van der Waals surface area contributed by atoms with Crippen LogP contribution in [-0.4, -0.2) is 15.7 Å². The first-order chi connectivity index (χ1) is 10.4. The maximum absolute atomic E-state index is 6.35. The van der Waals surface area contributed by atoms with E-state index in [-0.39, 0.29) is 0 Å². The van der Waals surface area contributed by atoms with Crippen molar-refractivity contribution in [3.05, 3.63) is 59.9 Å². The molecule has 5 rings (SSSR count). The van der Waals surface area contributed by atoms with Crippen molar-refractivity contribution in [1.82, 2.24) is 9.63 Å². The van der Waals surface area contributed by atoms with Gasteiger partial charge >= 0.3 is 0 Å². The van der Waals surface area contributed by atoms with Crippen molar-refractivity contribution in [3.63, 3.8) is 0 Å². The van der Waals surface area contributed by atoms with Gasteiger partial charge in [-0.05, 0) is 37.0 Å². The van der Waals surface area contributed by atoms with Crippen molar-refractivity contribution < 1.29 is 4.84 Å². The van der Waals surface area contributed by atoms with E-state index >= 15 is 0 Å². The zero-order valence-electron chi connectivity index (χ0n) is 12.1. The van der Waals surface area contributed by atoms with Gasteiger partial charge in [0.15, 0.2) is 0 Å². The van der Waals surface area contributed by atoms with E-state index in [1.807, 2.05) is 0 Å². The van der Waals surface area contributed by atoms with Gasteiger partial charge in [-0.15, -0.1) is 0 Å². The molecular formula is C18H20N2O. The van der Waals surface area contributed by atoms with Crippen LogP contribution in [0, 0.1) is 5.92 Å². The van der Waals surface area contributed by atoms with E-state index in [0.717, 1.165) is 6.54 Å². The molecule has 1 saturated heterocycles. The van der Waals surface area contributed by atoms with Gasteiger partial charge in [-0.3, -0.25) is 4.84 Å². The molecule has 1 aromatic heterocycles. The van der Waals surface area contributed by atoms with Gasteiger partial charge in [-0.25, -0.2) is 0 Å². The van der Waals surface area contributed by atoms with Gasteiger partial charge in [-0.2, -0.15) is 5.06 Å². The molecule has 1 aliphatic carbocycles. The lowest BCUT2D eigenvalue weighted by Gasteiger charge is -2.29. The van der Waals surface area contributed by atoms with Gasteiger partial charge in [0.05, 0.1) is 12.1 Å². The highest BCUT2D eigenvalue weighted by molar-refractivity contribution is 5.24. The molecule has 3 aliphatic rings. The van der Waals surface area contributed by atoms with Crippen LogP contribution >= 0.6 is 0 Å². The molecule has 3 heterocycles. The third-order valence-electron chi connectivity index (χ3n) is 5.46. The molecule has 1 aromatic carbocycles. The Bertz CT molecular complexity index is 650. The predicted octanol–water partition coefficient (Wildman–Crippen LogP) is 3.70. The molecule has 21 heavy (non-hydrogen) atoms. The molecule has 2 aromatic rings. The summed E-state index contributed by atoms with van der Waals surface area (Å²) < 4.78 is 2.52. The first kappa shape index (κ1) is 12.0. The van der Waals surface area contributed by atoms with Crippen molar-refractivity contribution in [2.45, 2.75) is 44.0 Å². The number of hydroxylamine groups is 2. The van der Waals surface area contributed by atoms with Crippen LogP contribution in [0.1, 0.15) is 42.6 Å². The largest absolute Gasteiger partial charge is 0.346 e. The fraction of sp³-hybridized carbons (Fsp3) is 0.444. The highest BCUT2D eigenvalue weighted by atomic mass is 16.7. The van der Waals surface area contributed by atoms with E-state index in [0.29, 0.717) is 24.1 Å². The van der Waals surface area contributed by atoms with Crippen molar-refractivity contribution in [3.8, 4) is 0 Å². The molecule has 0 radical (unpaired) electrons. The Balaban J connectivity index is 1.52. The first-order valence-corrected chi connectivity index (χ1v) is 8.06. The lowest BCUT2D eigenvalue weighted by atomic mass is 9.80. The Hall–Kier alpha value is -1.58. The molecule has 1 saturated carbocycles. The smallest absolute Gasteiger partial charge is 0.0861 e. The lowest BCUT2D eigenvalue weighted by molar-refractivity contribution is -0.176. The molecule has 0 unspecified atom stereocenters. The number of benzene rings is 1. The average molecular weight is 280 g/mol. The number of hydrogen-bond donors (Lipinski definition) is 0. The average Bonchev–Trinajstić information content (AvgIpc) is 3.17. The Morgan fingerprint density at radius 3 is 2.86 bits per heavy atom. The quantitative estimate of drug-likeness (QED) is 0.834. The summed E-state index contributed by atoms with van der Waals surface area (Å²) in [5, 5.41) is 2.25. The van der Waals surface area contributed by atoms with E-state index in [9.17, 15) is 0 Å². The van der Waals surface area contributed by atoms with Gasteiger partial charge in [-0.1, -0.05) is 30.3 Å². The summed E-state index contributed by atoms with van der Waals surface area (Å²) in [5.74, 6) is 0.652. The second kappa shape index (κ2) is 4.46. The van der Waals surface area contributed by atoms with E-state index in [2.05, 4.69) is 58.3 Å². The topological polar surface area (TPSA) is 17.4 Å². The van der Waals surface area contributed by atoms with Crippen LogP contribution in [0.2, 0.25) is 0 Å². The summed E-state index contributed by atoms with van der Waals surface area (Å²) in [5.41, 5.74) is 2.78. The Kier molecular flexibility index (Phi) is 2.55. The fourth-order valence-electron chi connectivity index (χ4n) is 4.66. The Labute approximate surface area is 125 Å². The monoisotopic (exact) mass is 280 g/mol. The summed E-state index contributed by atoms with van der Waals surface area (Å²) in [6, 6.07) is 16.2. The Morgan fingerprint density at radius 1 is 1.05 bits per heavy atom. The Morgan fingerprint density at radius 2 is 1.95 bits per heavy atom. The summed E-state index contributed by atoms with van der Waals surface area (Å²) in [6.45, 7) is 0.885. The minimum Gasteiger partial charge on any atom is -0.346 e. The summed E-state index contributed by atoms with van der Waals surface area (Å²) >= 11 is 0. The van der Waals surface area contributed by atoms with Crippen molar-refractivity contribution in [2.75, 3.05) is 0 Å². The molecule has 108 valence electrons. The van der Waals surface area contributed by atoms with Crippen LogP contribution in [0.3, 0.4) is 0 Å². The van der Waals surface area contributed by atoms with Gasteiger partial charge in [0.25, 0.3) is 0 Å². The van der Waals surface area contributed by atoms with E-state index in [4.69, 9.17) is 4.84 Å². The normalized spacial score (nSPS) is 33.9. The fourth-order valence-corrected chi connectivity index (χ4v) is 4.66. The molecular weight excluding hydrogens is 260 g/mol. The maximum Gasteiger partial charge on any atom is 0.0861 e. The molecule has 2 aliphatic heterocycles. The maximum atomic E-state index is 6.35. The number of aromatic nitrogens is 1. The van der Waals surface area contributed by atoms with Crippen molar-refractivity contribution in [1.29, 1.82) is 0 Å². The molecule has 0 spiro atoms. The van der Waals surface area contributed by atoms with Crippen LogP contribution in [0.25, 0.3) is 0 Å². The predicted molar refractivity (Wildman–Crippen MR) is 80.4 cm³/mol. The van der Waals surface area contributed by atoms with Gasteiger partial charge < -0.3 is 4.57 Å². The zero-order valence-corrected chi connectivity index (χ0v) is 12.1. The van der Waals surface area contributed by atoms with Crippen molar-refractivity contribution in [2.24, 2.45) is 5.92 Å². The van der Waals surface area contributed by atoms with Crippen LogP contribution in [0.15, 0.2) is 48.7 Å². The van der Waals surface area contributed by atoms with Crippen LogP contribution < -0.4 is 0 Å². The summed E-state index contributed by atoms with van der Waals surface area (Å²) in [7, 11) is 0. The van der Waals surface area contributed by atoms with Gasteiger partial charge in [0, 0.05) is 30.4 Å². The van der Waals surface area contributed by atoms with E-state index in [1.165, 1.54) is 30.5 Å². The molecule has 4 atom stereocenters. The zero-order chi connectivity index (χ0) is 13.8. The van der Waals surface area contributed by atoms with Crippen LogP contribution in [-0.2, 0) is 11.4 Å². The summed E-state index contributed by atoms with van der Waals surface area (Å²) in [4.78, 5) is 6.35. The van der Waals surface area contributed by atoms with Gasteiger partial charge in [0.1, 0.15) is 0 Å². The second-order valence-corrected chi connectivity index (χ2v) is 6.57. The lowest BCUT2D eigenvalue weighted by Crippen LogP contribution is -2.28. The van der Waals surface area contributed by atoms with Crippen LogP contribution in [0.4, 0.5) is 0 Å². The number of hydrogen-bond acceptors (Lipinski definition) is 2. The van der Waals surface area contributed by atoms with E-state index < -0.39 is 0 Å². The first-order valence-electron chi connectivity index (χ1n) is 8.06. The number of rotatable bonds is 2. The SMILES string of the molecule is c1ccc(CN2O[C@H]3CCC[C@@H]4[C@H]3[C@H]2c2cccn24)cc1. The molecule has 3 nitrogen and oxygen atoms in total.